The number of sulfonamides is 1. The Bertz CT molecular complexity index is 1140. The number of thioether (sulfide) groups is 1. The molecule has 1 aromatic carbocycles. The van der Waals surface area contributed by atoms with E-state index in [9.17, 15) is 13.2 Å². The van der Waals surface area contributed by atoms with Crippen LogP contribution in [0.25, 0.3) is 0 Å². The lowest BCUT2D eigenvalue weighted by molar-refractivity contribution is -0.00975. The second-order valence-corrected chi connectivity index (χ2v) is 12.0. The van der Waals surface area contributed by atoms with Gasteiger partial charge in [0.15, 0.2) is 5.16 Å². The topological polar surface area (TPSA) is 114 Å². The van der Waals surface area contributed by atoms with Gasteiger partial charge in [-0.05, 0) is 74.7 Å². The summed E-state index contributed by atoms with van der Waals surface area (Å²) in [6, 6.07) is 4.98. The monoisotopic (exact) mass is 493 g/mol. The summed E-state index contributed by atoms with van der Waals surface area (Å²) < 4.78 is 27.1. The highest BCUT2D eigenvalue weighted by atomic mass is 35.5. The molecule has 1 heterocycles. The highest BCUT2D eigenvalue weighted by molar-refractivity contribution is 7.98. The molecule has 11 heteroatoms. The molecule has 4 bridgehead atoms. The minimum absolute atomic E-state index is 0.0294. The molecular formula is C21H24ClN5O3S2. The van der Waals surface area contributed by atoms with E-state index in [1.165, 1.54) is 49.2 Å². The average molecular weight is 494 g/mol. The molecule has 4 aliphatic carbocycles. The molecule has 2 N–H and O–H groups in total. The summed E-state index contributed by atoms with van der Waals surface area (Å²) >= 11 is 7.35. The number of carbonyl (C=O) groups is 1. The van der Waals surface area contributed by atoms with Gasteiger partial charge in [0.25, 0.3) is 10.0 Å². The molecule has 0 radical (unpaired) electrons. The van der Waals surface area contributed by atoms with E-state index in [2.05, 4.69) is 15.3 Å². The molecule has 4 fully saturated rings. The van der Waals surface area contributed by atoms with E-state index in [4.69, 9.17) is 16.6 Å². The van der Waals surface area contributed by atoms with Crippen molar-refractivity contribution in [1.29, 1.82) is 0 Å². The van der Waals surface area contributed by atoms with Crippen LogP contribution in [0.5, 0.6) is 0 Å². The maximum atomic E-state index is 12.6. The van der Waals surface area contributed by atoms with E-state index in [0.717, 1.165) is 42.8 Å². The molecule has 2 amide bonds. The summed E-state index contributed by atoms with van der Waals surface area (Å²) in [6.45, 7) is 0. The summed E-state index contributed by atoms with van der Waals surface area (Å²) in [7, 11) is -4.14. The summed E-state index contributed by atoms with van der Waals surface area (Å²) in [5, 5.41) is 3.03. The minimum Gasteiger partial charge on any atom is -0.275 e. The number of amides is 2. The third-order valence-corrected chi connectivity index (χ3v) is 9.27. The van der Waals surface area contributed by atoms with Gasteiger partial charge in [0, 0.05) is 5.41 Å². The maximum Gasteiger partial charge on any atom is 0.335 e. The molecule has 1 aromatic heterocycles. The smallest absolute Gasteiger partial charge is 0.275 e. The summed E-state index contributed by atoms with van der Waals surface area (Å²) in [5.74, 6) is 2.94. The Labute approximate surface area is 196 Å². The number of nitrogens with one attached hydrogen (secondary N) is 2. The van der Waals surface area contributed by atoms with Gasteiger partial charge in [0.1, 0.15) is 10.7 Å². The zero-order valence-electron chi connectivity index (χ0n) is 17.5. The Balaban J connectivity index is 1.39. The Morgan fingerprint density at radius 2 is 1.69 bits per heavy atom. The minimum atomic E-state index is -4.14. The fourth-order valence-electron chi connectivity index (χ4n) is 6.09. The number of anilines is 1. The number of carbonyl (C=O) groups excluding carboxylic acids is 1. The van der Waals surface area contributed by atoms with Crippen LogP contribution in [0.1, 0.15) is 44.3 Å². The van der Waals surface area contributed by atoms with Crippen molar-refractivity contribution >= 4 is 45.4 Å². The van der Waals surface area contributed by atoms with Crippen molar-refractivity contribution in [2.24, 2.45) is 17.8 Å². The third kappa shape index (κ3) is 4.08. The van der Waals surface area contributed by atoms with Crippen LogP contribution >= 0.6 is 23.4 Å². The molecule has 6 rings (SSSR count). The molecule has 32 heavy (non-hydrogen) atoms. The SMILES string of the molecule is CSc1nc(NC(=O)NS(=O)(=O)c2ccccc2Cl)nc(C23CC4CC(CC(C4)C2)C3)n1. The van der Waals surface area contributed by atoms with E-state index in [1.54, 1.807) is 6.07 Å². The standard InChI is InChI=1S/C21H24ClN5O3S2/c1-31-20-24-17(21-9-12-6-13(10-21)8-14(7-12)11-21)23-18(26-20)25-19(28)27-32(29,30)16-5-3-2-4-15(16)22/h2-5,12-14H,6-11H2,1H3,(H2,23,24,25,26,27,28). The van der Waals surface area contributed by atoms with Crippen molar-refractivity contribution < 1.29 is 13.2 Å². The number of halogens is 1. The summed E-state index contributed by atoms with van der Waals surface area (Å²) in [5.41, 5.74) is -0.0707. The molecule has 4 saturated carbocycles. The van der Waals surface area contributed by atoms with E-state index >= 15 is 0 Å². The largest absolute Gasteiger partial charge is 0.335 e. The maximum absolute atomic E-state index is 12.6. The number of benzene rings is 1. The zero-order valence-corrected chi connectivity index (χ0v) is 19.9. The number of nitrogens with zero attached hydrogens (tertiary/aromatic N) is 3. The number of rotatable bonds is 5. The van der Waals surface area contributed by atoms with Crippen molar-refractivity contribution in [3.05, 3.63) is 35.1 Å². The van der Waals surface area contributed by atoms with E-state index < -0.39 is 16.1 Å². The average Bonchev–Trinajstić information content (AvgIpc) is 2.72. The third-order valence-electron chi connectivity index (χ3n) is 6.89. The Morgan fingerprint density at radius 1 is 1.06 bits per heavy atom. The molecule has 4 aliphatic rings. The molecule has 0 spiro atoms. The van der Waals surface area contributed by atoms with Gasteiger partial charge in [-0.25, -0.2) is 22.9 Å². The normalized spacial score (nSPS) is 28.5. The molecule has 8 nitrogen and oxygen atoms in total. The lowest BCUT2D eigenvalue weighted by atomic mass is 9.49. The molecule has 170 valence electrons. The van der Waals surface area contributed by atoms with Gasteiger partial charge < -0.3 is 0 Å². The number of hydrogen-bond donors (Lipinski definition) is 2. The first-order chi connectivity index (χ1) is 15.3. The first kappa shape index (κ1) is 21.9. The van der Waals surface area contributed by atoms with Crippen molar-refractivity contribution in [2.45, 2.75) is 54.0 Å². The molecule has 0 atom stereocenters. The van der Waals surface area contributed by atoms with Crippen molar-refractivity contribution in [3.63, 3.8) is 0 Å². The van der Waals surface area contributed by atoms with Crippen molar-refractivity contribution in [1.82, 2.24) is 19.7 Å². The van der Waals surface area contributed by atoms with Crippen LogP contribution in [0.15, 0.2) is 34.3 Å². The van der Waals surface area contributed by atoms with Crippen LogP contribution in [0.2, 0.25) is 5.02 Å². The Hall–Kier alpha value is -1.91. The fraction of sp³-hybridized carbons (Fsp3) is 0.524. The highest BCUT2D eigenvalue weighted by Crippen LogP contribution is 2.60. The molecule has 2 aromatic rings. The Morgan fingerprint density at radius 3 is 2.28 bits per heavy atom. The fourth-order valence-corrected chi connectivity index (χ4v) is 7.88. The molecule has 0 aliphatic heterocycles. The van der Waals surface area contributed by atoms with Crippen LogP contribution in [-0.2, 0) is 15.4 Å². The molecule has 0 unspecified atom stereocenters. The van der Waals surface area contributed by atoms with Gasteiger partial charge in [-0.3, -0.25) is 5.32 Å². The van der Waals surface area contributed by atoms with E-state index in [1.807, 2.05) is 11.0 Å². The predicted molar refractivity (Wildman–Crippen MR) is 122 cm³/mol. The molecular weight excluding hydrogens is 470 g/mol. The number of hydrogen-bond acceptors (Lipinski definition) is 7. The van der Waals surface area contributed by atoms with Crippen LogP contribution in [-0.4, -0.2) is 35.7 Å². The quantitative estimate of drug-likeness (QED) is 0.599. The molecule has 0 saturated heterocycles. The predicted octanol–water partition coefficient (Wildman–Crippen LogP) is 4.23. The second-order valence-electron chi connectivity index (χ2n) is 9.16. The van der Waals surface area contributed by atoms with Gasteiger partial charge in [0.05, 0.1) is 5.02 Å². The van der Waals surface area contributed by atoms with Gasteiger partial charge >= 0.3 is 6.03 Å². The van der Waals surface area contributed by atoms with Gasteiger partial charge in [-0.1, -0.05) is 35.5 Å². The lowest BCUT2D eigenvalue weighted by Gasteiger charge is -2.55. The van der Waals surface area contributed by atoms with E-state index in [-0.39, 0.29) is 21.3 Å². The van der Waals surface area contributed by atoms with Crippen LogP contribution < -0.4 is 10.0 Å². The number of urea groups is 1. The summed E-state index contributed by atoms with van der Waals surface area (Å²) in [6.07, 6.45) is 8.98. The summed E-state index contributed by atoms with van der Waals surface area (Å²) in [4.78, 5) is 26.0. The van der Waals surface area contributed by atoms with Crippen LogP contribution in [0.4, 0.5) is 10.7 Å². The lowest BCUT2D eigenvalue weighted by Crippen LogP contribution is -2.49. The Kier molecular flexibility index (Phi) is 5.58. The van der Waals surface area contributed by atoms with Crippen LogP contribution in [0, 0.1) is 17.8 Å². The van der Waals surface area contributed by atoms with Crippen molar-refractivity contribution in [2.75, 3.05) is 11.6 Å². The van der Waals surface area contributed by atoms with Gasteiger partial charge in [-0.2, -0.15) is 9.97 Å². The second kappa shape index (κ2) is 8.14. The zero-order chi connectivity index (χ0) is 22.5. The number of aromatic nitrogens is 3. The highest BCUT2D eigenvalue weighted by Gasteiger charge is 2.53. The van der Waals surface area contributed by atoms with Gasteiger partial charge in [0.2, 0.25) is 5.95 Å². The van der Waals surface area contributed by atoms with Gasteiger partial charge in [-0.15, -0.1) is 0 Å². The first-order valence-electron chi connectivity index (χ1n) is 10.7. The van der Waals surface area contributed by atoms with E-state index in [0.29, 0.717) is 5.16 Å². The van der Waals surface area contributed by atoms with Crippen molar-refractivity contribution in [3.8, 4) is 0 Å². The van der Waals surface area contributed by atoms with Crippen LogP contribution in [0.3, 0.4) is 0 Å². The first-order valence-corrected chi connectivity index (χ1v) is 13.7.